The highest BCUT2D eigenvalue weighted by Crippen LogP contribution is 2.69. The Morgan fingerprint density at radius 1 is 0.603 bits per heavy atom. The van der Waals surface area contributed by atoms with E-state index in [1.807, 2.05) is 0 Å². The summed E-state index contributed by atoms with van der Waals surface area (Å²) in [7, 11) is 0. The second kappa shape index (κ2) is 22.8. The minimum Gasteiger partial charge on any atom is -0.486 e. The highest BCUT2D eigenvalue weighted by Gasteiger charge is 2.60. The second-order valence-electron chi connectivity index (χ2n) is 23.3. The number of carboxylic acid groups (broad SMARTS) is 4. The molecular formula is C61H74Cl2O10. The van der Waals surface area contributed by atoms with Crippen molar-refractivity contribution in [3.8, 4) is 11.5 Å². The summed E-state index contributed by atoms with van der Waals surface area (Å²) in [5.41, 5.74) is 3.09. The molecule has 0 aliphatic heterocycles. The summed E-state index contributed by atoms with van der Waals surface area (Å²) in [5.74, 6) is 0.899. The molecule has 4 aromatic carbocycles. The van der Waals surface area contributed by atoms with Crippen molar-refractivity contribution >= 4 is 47.1 Å². The van der Waals surface area contributed by atoms with Crippen molar-refractivity contribution in [3.63, 3.8) is 0 Å². The van der Waals surface area contributed by atoms with Gasteiger partial charge in [-0.1, -0.05) is 114 Å². The van der Waals surface area contributed by atoms with Gasteiger partial charge in [-0.05, 0) is 193 Å². The first-order valence-corrected chi connectivity index (χ1v) is 27.6. The number of halogens is 2. The molecule has 392 valence electrons. The Labute approximate surface area is 441 Å². The van der Waals surface area contributed by atoms with Gasteiger partial charge in [0, 0.05) is 5.92 Å². The van der Waals surface area contributed by atoms with Crippen LogP contribution in [0.3, 0.4) is 0 Å². The summed E-state index contributed by atoms with van der Waals surface area (Å²) in [4.78, 5) is 48.8. The minimum atomic E-state index is -1.26. The Kier molecular flexibility index (Phi) is 16.9. The Morgan fingerprint density at radius 3 is 1.63 bits per heavy atom. The molecule has 4 aromatic rings. The van der Waals surface area contributed by atoms with Crippen LogP contribution in [0, 0.1) is 58.2 Å². The molecule has 4 aliphatic carbocycles. The molecule has 2 unspecified atom stereocenters. The highest BCUT2D eigenvalue weighted by molar-refractivity contribution is 6.33. The first kappa shape index (κ1) is 54.2. The van der Waals surface area contributed by atoms with Crippen LogP contribution in [0.1, 0.15) is 201 Å². The largest absolute Gasteiger partial charge is 0.486 e. The summed E-state index contributed by atoms with van der Waals surface area (Å²) >= 11 is 13.9. The predicted octanol–water partition coefficient (Wildman–Crippen LogP) is 16.0. The highest BCUT2D eigenvalue weighted by atomic mass is 35.5. The van der Waals surface area contributed by atoms with Gasteiger partial charge in [0.1, 0.15) is 24.3 Å². The molecule has 4 aliphatic rings. The smallest absolute Gasteiger partial charge is 0.339 e. The molecule has 9 atom stereocenters. The summed E-state index contributed by atoms with van der Waals surface area (Å²) < 4.78 is 12.0. The molecule has 4 N–H and O–H groups in total. The lowest BCUT2D eigenvalue weighted by Gasteiger charge is -2.61. The number of fused-ring (bicyclic) bond motifs is 5. The molecule has 0 aromatic heterocycles. The van der Waals surface area contributed by atoms with E-state index in [0.717, 1.165) is 48.3 Å². The summed E-state index contributed by atoms with van der Waals surface area (Å²) in [6.45, 7) is 12.4. The zero-order valence-corrected chi connectivity index (χ0v) is 44.7. The standard InChI is InChI=1S/C61H74Cl2O10/c1-35(2)8-6-9-36(3)49-22-23-50-46-21-20-44-28-37(24-26-60(44,4)51(46)25-27-61(49,50)5)10-7-11-45(42-29-47(58(68)69)54(52(62)31-42)72-33-38-12-16-40(17-13-38)56(64)65)43-30-48(59(70)71)55(53(63)32-43)73-34-39-14-18-41(19-15-39)57(66)67/h12-19,29-32,35-37,44-46,49-51H,6-11,20-28,33-34H2,1-5H3,(H,64,65)(H,66,67)(H,68,69)(H,70,71)/t36?,37-,44?,46-,49+,50-,51-,60-,61+/m0/s1. The lowest BCUT2D eigenvalue weighted by atomic mass is 9.44. The van der Waals surface area contributed by atoms with Gasteiger partial charge in [-0.15, -0.1) is 0 Å². The normalized spacial score (nSPS) is 25.9. The van der Waals surface area contributed by atoms with Gasteiger partial charge in [-0.2, -0.15) is 0 Å². The fourth-order valence-corrected chi connectivity index (χ4v) is 15.4. The van der Waals surface area contributed by atoms with Crippen molar-refractivity contribution in [2.45, 2.75) is 150 Å². The molecule has 4 fully saturated rings. The van der Waals surface area contributed by atoms with Crippen LogP contribution in [0.5, 0.6) is 11.5 Å². The van der Waals surface area contributed by atoms with Gasteiger partial charge in [0.05, 0.1) is 21.2 Å². The maximum atomic E-state index is 13.0. The Balaban J connectivity index is 1.00. The van der Waals surface area contributed by atoms with Crippen molar-refractivity contribution < 1.29 is 49.1 Å². The zero-order chi connectivity index (χ0) is 52.4. The molecule has 0 saturated heterocycles. The SMILES string of the molecule is CC(C)CCCC(C)[C@H]1CC[C@H]2[C@@H]3CCC4C[C@@H](CCCC(c5cc(Cl)c(OCc6ccc(C(=O)O)cc6)c(C(=O)O)c5)c5cc(Cl)c(OCc6ccc(C(=O)O)cc6)c(C(=O)O)c5)CC[C@]4(C)[C@H]3CC[C@]12C. The van der Waals surface area contributed by atoms with E-state index >= 15 is 0 Å². The third-order valence-electron chi connectivity index (χ3n) is 18.6. The lowest BCUT2D eigenvalue weighted by Crippen LogP contribution is -2.53. The molecule has 0 heterocycles. The molecular weight excluding hydrogens is 964 g/mol. The second-order valence-corrected chi connectivity index (χ2v) is 24.1. The van der Waals surface area contributed by atoms with Crippen LogP contribution in [-0.2, 0) is 13.2 Å². The lowest BCUT2D eigenvalue weighted by molar-refractivity contribution is -0.121. The number of ether oxygens (including phenoxy) is 2. The number of carboxylic acids is 4. The molecule has 8 rings (SSSR count). The van der Waals surface area contributed by atoms with Crippen molar-refractivity contribution in [1.29, 1.82) is 0 Å². The van der Waals surface area contributed by atoms with Crippen LogP contribution in [0.2, 0.25) is 10.0 Å². The number of benzene rings is 4. The van der Waals surface area contributed by atoms with E-state index in [1.165, 1.54) is 101 Å². The average molecular weight is 1040 g/mol. The van der Waals surface area contributed by atoms with Crippen molar-refractivity contribution in [1.82, 2.24) is 0 Å². The third kappa shape index (κ3) is 11.8. The van der Waals surface area contributed by atoms with Crippen LogP contribution in [-0.4, -0.2) is 44.3 Å². The van der Waals surface area contributed by atoms with E-state index in [2.05, 4.69) is 34.6 Å². The molecule has 4 saturated carbocycles. The summed E-state index contributed by atoms with van der Waals surface area (Å²) in [6, 6.07) is 18.6. The number of hydrogen-bond acceptors (Lipinski definition) is 6. The van der Waals surface area contributed by atoms with Gasteiger partial charge < -0.3 is 29.9 Å². The van der Waals surface area contributed by atoms with Gasteiger partial charge in [-0.25, -0.2) is 19.2 Å². The maximum Gasteiger partial charge on any atom is 0.339 e. The number of rotatable bonds is 21. The first-order valence-electron chi connectivity index (χ1n) is 26.8. The zero-order valence-electron chi connectivity index (χ0n) is 43.1. The summed E-state index contributed by atoms with van der Waals surface area (Å²) in [5, 5.41) is 40.0. The van der Waals surface area contributed by atoms with Crippen LogP contribution >= 0.6 is 23.2 Å². The Bertz CT molecular complexity index is 2520. The summed E-state index contributed by atoms with van der Waals surface area (Å²) in [6.07, 6.45) is 18.2. The van der Waals surface area contributed by atoms with Crippen molar-refractivity contribution in [2.24, 2.45) is 58.2 Å². The minimum absolute atomic E-state index is 0.0367. The molecule has 10 nitrogen and oxygen atoms in total. The van der Waals surface area contributed by atoms with Crippen LogP contribution in [0.15, 0.2) is 72.8 Å². The predicted molar refractivity (Wildman–Crippen MR) is 285 cm³/mol. The Hall–Kier alpha value is -5.06. The van der Waals surface area contributed by atoms with Gasteiger partial charge in [-0.3, -0.25) is 0 Å². The fourth-order valence-electron chi connectivity index (χ4n) is 14.8. The van der Waals surface area contributed by atoms with E-state index < -0.39 is 29.8 Å². The quantitative estimate of drug-likeness (QED) is 0.0630. The van der Waals surface area contributed by atoms with Gasteiger partial charge in [0.25, 0.3) is 0 Å². The van der Waals surface area contributed by atoms with Gasteiger partial charge in [0.15, 0.2) is 11.5 Å². The molecule has 0 bridgehead atoms. The molecule has 12 heteroatoms. The van der Waals surface area contributed by atoms with Gasteiger partial charge >= 0.3 is 23.9 Å². The molecule has 0 spiro atoms. The number of hydrogen-bond donors (Lipinski definition) is 4. The topological polar surface area (TPSA) is 168 Å². The fraction of sp³-hybridized carbons (Fsp3) is 0.541. The van der Waals surface area contributed by atoms with Gasteiger partial charge in [0.2, 0.25) is 0 Å². The van der Waals surface area contributed by atoms with Crippen LogP contribution in [0.25, 0.3) is 0 Å². The van der Waals surface area contributed by atoms with Crippen LogP contribution < -0.4 is 9.47 Å². The van der Waals surface area contributed by atoms with E-state index in [-0.39, 0.29) is 57.0 Å². The monoisotopic (exact) mass is 1040 g/mol. The first-order chi connectivity index (χ1) is 34.8. The molecule has 73 heavy (non-hydrogen) atoms. The maximum absolute atomic E-state index is 13.0. The van der Waals surface area contributed by atoms with E-state index in [4.69, 9.17) is 32.7 Å². The van der Waals surface area contributed by atoms with E-state index in [0.29, 0.717) is 51.3 Å². The van der Waals surface area contributed by atoms with Crippen LogP contribution in [0.4, 0.5) is 0 Å². The number of carbonyl (C=O) groups is 4. The van der Waals surface area contributed by atoms with Crippen molar-refractivity contribution in [2.75, 3.05) is 0 Å². The van der Waals surface area contributed by atoms with E-state index in [1.54, 1.807) is 48.5 Å². The third-order valence-corrected chi connectivity index (χ3v) is 19.2. The molecule has 0 radical (unpaired) electrons. The van der Waals surface area contributed by atoms with E-state index in [9.17, 15) is 39.6 Å². The molecule has 0 amide bonds. The average Bonchev–Trinajstić information content (AvgIpc) is 3.71. The Morgan fingerprint density at radius 2 is 1.12 bits per heavy atom. The number of aromatic carboxylic acids is 4. The van der Waals surface area contributed by atoms with Crippen molar-refractivity contribution in [3.05, 3.63) is 127 Å².